The number of amides is 1. The summed E-state index contributed by atoms with van der Waals surface area (Å²) in [5.74, 6) is 1.30. The van der Waals surface area contributed by atoms with Crippen molar-refractivity contribution in [1.82, 2.24) is 15.5 Å². The van der Waals surface area contributed by atoms with Gasteiger partial charge >= 0.3 is 0 Å². The number of nitrogens with zero attached hydrogens (tertiary/aromatic N) is 2. The summed E-state index contributed by atoms with van der Waals surface area (Å²) in [4.78, 5) is 16.1. The van der Waals surface area contributed by atoms with Crippen molar-refractivity contribution in [3.8, 4) is 0 Å². The normalized spacial score (nSPS) is 10.4. The van der Waals surface area contributed by atoms with Crippen LogP contribution in [-0.2, 0) is 5.75 Å². The van der Waals surface area contributed by atoms with Gasteiger partial charge in [-0.1, -0.05) is 16.9 Å². The van der Waals surface area contributed by atoms with Crippen LogP contribution in [0.5, 0.6) is 0 Å². The van der Waals surface area contributed by atoms with E-state index in [1.165, 1.54) is 11.8 Å². The molecule has 19 heavy (non-hydrogen) atoms. The number of carbonyl (C=O) groups excluding carboxylic acids is 1. The number of nitrogens with one attached hydrogen (secondary N) is 1. The molecule has 2 aromatic rings. The van der Waals surface area contributed by atoms with Gasteiger partial charge in [-0.15, -0.1) is 0 Å². The summed E-state index contributed by atoms with van der Waals surface area (Å²) in [5, 5.41) is 7.40. The van der Waals surface area contributed by atoms with E-state index >= 15 is 0 Å². The Morgan fingerprint density at radius 2 is 2.37 bits per heavy atom. The van der Waals surface area contributed by atoms with Gasteiger partial charge in [-0.2, -0.15) is 0 Å². The van der Waals surface area contributed by atoms with Crippen LogP contribution in [0.1, 0.15) is 28.7 Å². The lowest BCUT2D eigenvalue weighted by Crippen LogP contribution is -2.23. The van der Waals surface area contributed by atoms with E-state index < -0.39 is 0 Å². The highest BCUT2D eigenvalue weighted by molar-refractivity contribution is 7.98. The number of rotatable bonds is 5. The molecule has 0 aliphatic rings. The van der Waals surface area contributed by atoms with Crippen LogP contribution in [0, 0.1) is 6.92 Å². The molecule has 1 N–H and O–H groups in total. The lowest BCUT2D eigenvalue weighted by Gasteiger charge is -2.06. The molecule has 2 aromatic heterocycles. The number of aromatic nitrogens is 2. The van der Waals surface area contributed by atoms with Gasteiger partial charge in [0.1, 0.15) is 10.8 Å². The average Bonchev–Trinajstić information content (AvgIpc) is 2.83. The van der Waals surface area contributed by atoms with Crippen molar-refractivity contribution in [3.05, 3.63) is 41.4 Å². The number of carbonyl (C=O) groups is 1. The molecule has 1 amide bonds. The molecule has 0 unspecified atom stereocenters. The van der Waals surface area contributed by atoms with E-state index in [0.29, 0.717) is 22.9 Å². The maximum Gasteiger partial charge on any atom is 0.254 e. The molecule has 0 aliphatic heterocycles. The minimum atomic E-state index is -0.102. The van der Waals surface area contributed by atoms with Gasteiger partial charge < -0.3 is 9.84 Å². The molecule has 6 heteroatoms. The molecular formula is C13H15N3O2S. The first kappa shape index (κ1) is 13.6. The summed E-state index contributed by atoms with van der Waals surface area (Å²) in [6.07, 6.45) is 1.68. The third kappa shape index (κ3) is 3.57. The molecular weight excluding hydrogens is 262 g/mol. The summed E-state index contributed by atoms with van der Waals surface area (Å²) in [6.45, 7) is 4.33. The molecule has 100 valence electrons. The maximum atomic E-state index is 11.9. The second kappa shape index (κ2) is 6.38. The smallest absolute Gasteiger partial charge is 0.254 e. The van der Waals surface area contributed by atoms with E-state index in [2.05, 4.69) is 15.5 Å². The van der Waals surface area contributed by atoms with E-state index in [4.69, 9.17) is 4.52 Å². The Hall–Kier alpha value is -1.82. The topological polar surface area (TPSA) is 68.0 Å². The fourth-order valence-corrected chi connectivity index (χ4v) is 2.43. The highest BCUT2D eigenvalue weighted by atomic mass is 32.2. The molecule has 0 saturated heterocycles. The highest BCUT2D eigenvalue weighted by Crippen LogP contribution is 2.23. The summed E-state index contributed by atoms with van der Waals surface area (Å²) in [7, 11) is 0. The molecule has 0 radical (unpaired) electrons. The van der Waals surface area contributed by atoms with Crippen LogP contribution in [0.2, 0.25) is 0 Å². The Labute approximate surface area is 115 Å². The van der Waals surface area contributed by atoms with Gasteiger partial charge in [0.2, 0.25) is 0 Å². The van der Waals surface area contributed by atoms with Gasteiger partial charge in [0.15, 0.2) is 0 Å². The Morgan fingerprint density at radius 3 is 3.05 bits per heavy atom. The van der Waals surface area contributed by atoms with E-state index in [0.717, 1.165) is 11.5 Å². The van der Waals surface area contributed by atoms with Crippen molar-refractivity contribution in [2.45, 2.75) is 24.6 Å². The van der Waals surface area contributed by atoms with Crippen molar-refractivity contribution in [2.24, 2.45) is 0 Å². The van der Waals surface area contributed by atoms with Gasteiger partial charge in [-0.25, -0.2) is 4.98 Å². The fourth-order valence-electron chi connectivity index (χ4n) is 1.56. The third-order valence-electron chi connectivity index (χ3n) is 2.39. The third-order valence-corrected chi connectivity index (χ3v) is 3.43. The maximum absolute atomic E-state index is 11.9. The second-order valence-corrected chi connectivity index (χ2v) is 4.90. The summed E-state index contributed by atoms with van der Waals surface area (Å²) in [6, 6.07) is 5.41. The summed E-state index contributed by atoms with van der Waals surface area (Å²) < 4.78 is 5.01. The zero-order chi connectivity index (χ0) is 13.7. The number of aryl methyl sites for hydroxylation is 1. The van der Waals surface area contributed by atoms with Crippen LogP contribution >= 0.6 is 11.8 Å². The van der Waals surface area contributed by atoms with Crippen LogP contribution < -0.4 is 5.32 Å². The molecule has 2 rings (SSSR count). The van der Waals surface area contributed by atoms with E-state index in [1.54, 1.807) is 18.3 Å². The SMILES string of the molecule is CCNC(=O)c1cccnc1SCc1cc(C)on1. The highest BCUT2D eigenvalue weighted by Gasteiger charge is 2.12. The van der Waals surface area contributed by atoms with Crippen LogP contribution in [0.4, 0.5) is 0 Å². The Kier molecular flexibility index (Phi) is 4.57. The first-order valence-corrected chi connectivity index (χ1v) is 6.97. The monoisotopic (exact) mass is 277 g/mol. The van der Waals surface area contributed by atoms with Crippen molar-refractivity contribution in [1.29, 1.82) is 0 Å². The predicted octanol–water partition coefficient (Wildman–Crippen LogP) is 2.42. The Bertz CT molecular complexity index is 569. The van der Waals surface area contributed by atoms with Gasteiger partial charge in [0.05, 0.1) is 11.3 Å². The van der Waals surface area contributed by atoms with Crippen molar-refractivity contribution in [3.63, 3.8) is 0 Å². The van der Waals surface area contributed by atoms with Crippen LogP contribution in [-0.4, -0.2) is 22.6 Å². The largest absolute Gasteiger partial charge is 0.361 e. The van der Waals surface area contributed by atoms with Crippen LogP contribution in [0.3, 0.4) is 0 Å². The molecule has 0 fully saturated rings. The first-order chi connectivity index (χ1) is 9.20. The molecule has 0 atom stereocenters. The lowest BCUT2D eigenvalue weighted by atomic mass is 10.3. The predicted molar refractivity (Wildman–Crippen MR) is 73.0 cm³/mol. The lowest BCUT2D eigenvalue weighted by molar-refractivity contribution is 0.0952. The van der Waals surface area contributed by atoms with Crippen molar-refractivity contribution in [2.75, 3.05) is 6.54 Å². The van der Waals surface area contributed by atoms with Gasteiger partial charge in [0, 0.05) is 24.6 Å². The quantitative estimate of drug-likeness (QED) is 0.850. The summed E-state index contributed by atoms with van der Waals surface area (Å²) >= 11 is 1.47. The molecule has 2 heterocycles. The van der Waals surface area contributed by atoms with Crippen molar-refractivity contribution < 1.29 is 9.32 Å². The van der Waals surface area contributed by atoms with Gasteiger partial charge in [0.25, 0.3) is 5.91 Å². The van der Waals surface area contributed by atoms with Crippen LogP contribution in [0.15, 0.2) is 33.9 Å². The number of hydrogen-bond acceptors (Lipinski definition) is 5. The molecule has 0 aliphatic carbocycles. The first-order valence-electron chi connectivity index (χ1n) is 5.99. The molecule has 0 spiro atoms. The average molecular weight is 277 g/mol. The molecule has 0 aromatic carbocycles. The minimum absolute atomic E-state index is 0.102. The van der Waals surface area contributed by atoms with Crippen LogP contribution in [0.25, 0.3) is 0 Å². The summed E-state index contributed by atoms with van der Waals surface area (Å²) in [5.41, 5.74) is 1.43. The minimum Gasteiger partial charge on any atom is -0.361 e. The molecule has 5 nitrogen and oxygen atoms in total. The Morgan fingerprint density at radius 1 is 1.53 bits per heavy atom. The Balaban J connectivity index is 2.09. The number of pyridine rings is 1. The molecule has 0 saturated carbocycles. The standard InChI is InChI=1S/C13H15N3O2S/c1-3-14-12(17)11-5-4-6-15-13(11)19-8-10-7-9(2)18-16-10/h4-7H,3,8H2,1-2H3,(H,14,17). The number of thioether (sulfide) groups is 1. The van der Waals surface area contributed by atoms with E-state index in [1.807, 2.05) is 19.9 Å². The number of hydrogen-bond donors (Lipinski definition) is 1. The zero-order valence-corrected chi connectivity index (χ0v) is 11.7. The van der Waals surface area contributed by atoms with Gasteiger partial charge in [-0.3, -0.25) is 4.79 Å². The zero-order valence-electron chi connectivity index (χ0n) is 10.8. The fraction of sp³-hybridized carbons (Fsp3) is 0.308. The second-order valence-electron chi connectivity index (χ2n) is 3.93. The molecule has 0 bridgehead atoms. The van der Waals surface area contributed by atoms with Gasteiger partial charge in [-0.05, 0) is 26.0 Å². The van der Waals surface area contributed by atoms with E-state index in [-0.39, 0.29) is 5.91 Å². The van der Waals surface area contributed by atoms with E-state index in [9.17, 15) is 4.79 Å². The van der Waals surface area contributed by atoms with Crippen molar-refractivity contribution >= 4 is 17.7 Å².